The van der Waals surface area contributed by atoms with Crippen molar-refractivity contribution in [1.82, 2.24) is 25.3 Å². The topological polar surface area (TPSA) is 99.7 Å². The lowest BCUT2D eigenvalue weighted by atomic mass is 10.1. The number of carbonyl (C=O) groups is 1. The van der Waals surface area contributed by atoms with Crippen molar-refractivity contribution >= 4 is 23.2 Å². The summed E-state index contributed by atoms with van der Waals surface area (Å²) in [5.41, 5.74) is 3.99. The number of amides is 2. The third-order valence-corrected chi connectivity index (χ3v) is 4.60. The van der Waals surface area contributed by atoms with Gasteiger partial charge in [-0.1, -0.05) is 12.1 Å². The summed E-state index contributed by atoms with van der Waals surface area (Å²) in [5, 5.41) is 19.2. The first-order chi connectivity index (χ1) is 14.5. The van der Waals surface area contributed by atoms with E-state index in [1.165, 1.54) is 0 Å². The number of nitrogens with zero attached hydrogens (tertiary/aromatic N) is 3. The van der Waals surface area contributed by atoms with Crippen LogP contribution in [0.1, 0.15) is 5.56 Å². The number of anilines is 3. The molecule has 2 amide bonds. The number of aromatic nitrogens is 4. The Morgan fingerprint density at radius 2 is 1.97 bits per heavy atom. The molecule has 0 saturated heterocycles. The Kier molecular flexibility index (Phi) is 5.17. The van der Waals surface area contributed by atoms with E-state index in [1.54, 1.807) is 36.1 Å². The van der Waals surface area contributed by atoms with E-state index < -0.39 is 5.82 Å². The first-order valence-corrected chi connectivity index (χ1v) is 9.26. The van der Waals surface area contributed by atoms with E-state index in [1.807, 2.05) is 43.5 Å². The number of aryl methyl sites for hydroxylation is 1. The Balaban J connectivity index is 1.53. The van der Waals surface area contributed by atoms with E-state index in [9.17, 15) is 9.18 Å². The van der Waals surface area contributed by atoms with Crippen molar-refractivity contribution in [2.24, 2.45) is 0 Å². The minimum absolute atomic E-state index is 0.0938. The lowest BCUT2D eigenvalue weighted by molar-refractivity contribution is 0.254. The van der Waals surface area contributed by atoms with Crippen LogP contribution in [0.5, 0.6) is 0 Å². The smallest absolute Gasteiger partial charge is 0.318 e. The van der Waals surface area contributed by atoms with Gasteiger partial charge in [0.2, 0.25) is 0 Å². The molecule has 152 valence electrons. The maximum absolute atomic E-state index is 15.0. The molecule has 0 unspecified atom stereocenters. The molecule has 0 fully saturated rings. The highest BCUT2D eigenvalue weighted by atomic mass is 19.1. The fraction of sp³-hybridized carbons (Fsp3) is 0.0952. The second kappa shape index (κ2) is 8.08. The summed E-state index contributed by atoms with van der Waals surface area (Å²) in [5.74, 6) is -0.384. The van der Waals surface area contributed by atoms with Crippen LogP contribution in [0.2, 0.25) is 0 Å². The Morgan fingerprint density at radius 3 is 2.63 bits per heavy atom. The molecule has 0 aliphatic rings. The Morgan fingerprint density at radius 1 is 1.17 bits per heavy atom. The lowest BCUT2D eigenvalue weighted by Crippen LogP contribution is -2.24. The maximum atomic E-state index is 15.0. The Bertz CT molecular complexity index is 1170. The van der Waals surface area contributed by atoms with Crippen molar-refractivity contribution in [3.63, 3.8) is 0 Å². The van der Waals surface area contributed by atoms with Crippen LogP contribution in [-0.2, 0) is 0 Å². The van der Waals surface area contributed by atoms with Gasteiger partial charge in [-0.05, 0) is 48.9 Å². The first kappa shape index (κ1) is 19.2. The zero-order chi connectivity index (χ0) is 21.1. The summed E-state index contributed by atoms with van der Waals surface area (Å²) in [6.07, 6.45) is 3.54. The van der Waals surface area contributed by atoms with Crippen LogP contribution in [0, 0.1) is 12.7 Å². The highest BCUT2D eigenvalue weighted by Gasteiger charge is 2.16. The molecule has 9 heteroatoms. The van der Waals surface area contributed by atoms with Crippen LogP contribution >= 0.6 is 0 Å². The molecule has 4 aromatic rings. The minimum Gasteiger partial charge on any atom is -0.341 e. The van der Waals surface area contributed by atoms with Crippen molar-refractivity contribution in [2.75, 3.05) is 17.7 Å². The normalized spacial score (nSPS) is 10.6. The lowest BCUT2D eigenvalue weighted by Gasteiger charge is -2.10. The van der Waals surface area contributed by atoms with E-state index >= 15 is 0 Å². The van der Waals surface area contributed by atoms with Crippen LogP contribution in [0.15, 0.2) is 60.9 Å². The van der Waals surface area contributed by atoms with E-state index in [4.69, 9.17) is 0 Å². The number of hydrogen-bond acceptors (Lipinski definition) is 4. The van der Waals surface area contributed by atoms with Gasteiger partial charge in [0.1, 0.15) is 5.69 Å². The van der Waals surface area contributed by atoms with E-state index in [-0.39, 0.29) is 11.8 Å². The quantitative estimate of drug-likeness (QED) is 0.400. The van der Waals surface area contributed by atoms with Crippen molar-refractivity contribution in [3.8, 4) is 16.9 Å². The fourth-order valence-corrected chi connectivity index (χ4v) is 3.01. The third kappa shape index (κ3) is 3.86. The predicted molar refractivity (Wildman–Crippen MR) is 114 cm³/mol. The van der Waals surface area contributed by atoms with E-state index in [0.29, 0.717) is 22.6 Å². The summed E-state index contributed by atoms with van der Waals surface area (Å²) in [6, 6.07) is 14.1. The number of H-pyrrole nitrogens is 1. The Hall–Kier alpha value is -4.14. The average Bonchev–Trinajstić information content (AvgIpc) is 3.41. The SMILES string of the molecule is CNC(=O)Nc1ccc(Nc2n[nH]c(-c3ccc(-n4cccn4)cc3)c2F)c(C)c1. The number of nitrogens with one attached hydrogen (secondary N) is 4. The maximum Gasteiger partial charge on any atom is 0.318 e. The van der Waals surface area contributed by atoms with Gasteiger partial charge in [-0.25, -0.2) is 13.9 Å². The van der Waals surface area contributed by atoms with Crippen LogP contribution in [0.3, 0.4) is 0 Å². The molecular weight excluding hydrogens is 385 g/mol. The molecule has 2 aromatic heterocycles. The predicted octanol–water partition coefficient (Wildman–Crippen LogP) is 4.20. The molecule has 0 aliphatic carbocycles. The number of carbonyl (C=O) groups excluding carboxylic acids is 1. The summed E-state index contributed by atoms with van der Waals surface area (Å²) in [6.45, 7) is 1.86. The molecule has 30 heavy (non-hydrogen) atoms. The average molecular weight is 405 g/mol. The summed E-state index contributed by atoms with van der Waals surface area (Å²) in [4.78, 5) is 11.4. The van der Waals surface area contributed by atoms with Gasteiger partial charge in [0.05, 0.1) is 5.69 Å². The summed E-state index contributed by atoms with van der Waals surface area (Å²) in [7, 11) is 1.54. The van der Waals surface area contributed by atoms with Gasteiger partial charge in [0, 0.05) is 36.4 Å². The number of aromatic amines is 1. The van der Waals surface area contributed by atoms with Gasteiger partial charge >= 0.3 is 6.03 Å². The highest BCUT2D eigenvalue weighted by molar-refractivity contribution is 5.89. The van der Waals surface area contributed by atoms with Gasteiger partial charge < -0.3 is 16.0 Å². The molecule has 0 bridgehead atoms. The molecule has 2 heterocycles. The van der Waals surface area contributed by atoms with Crippen molar-refractivity contribution in [1.29, 1.82) is 0 Å². The molecule has 4 N–H and O–H groups in total. The van der Waals surface area contributed by atoms with Crippen molar-refractivity contribution < 1.29 is 9.18 Å². The van der Waals surface area contributed by atoms with Crippen LogP contribution in [-0.4, -0.2) is 33.1 Å². The molecule has 0 spiro atoms. The van der Waals surface area contributed by atoms with Gasteiger partial charge in [-0.3, -0.25) is 5.10 Å². The summed E-state index contributed by atoms with van der Waals surface area (Å²) < 4.78 is 16.7. The third-order valence-electron chi connectivity index (χ3n) is 4.60. The zero-order valence-electron chi connectivity index (χ0n) is 16.4. The molecule has 0 atom stereocenters. The Labute approximate surface area is 172 Å². The van der Waals surface area contributed by atoms with E-state index in [0.717, 1.165) is 11.3 Å². The molecular formula is C21H20FN7O. The number of hydrogen-bond donors (Lipinski definition) is 4. The largest absolute Gasteiger partial charge is 0.341 e. The van der Waals surface area contributed by atoms with Gasteiger partial charge in [-0.15, -0.1) is 0 Å². The fourth-order valence-electron chi connectivity index (χ4n) is 3.01. The van der Waals surface area contributed by atoms with Gasteiger partial charge in [0.25, 0.3) is 0 Å². The minimum atomic E-state index is -0.478. The van der Waals surface area contributed by atoms with Crippen LogP contribution in [0.25, 0.3) is 16.9 Å². The second-order valence-corrected chi connectivity index (χ2v) is 6.62. The molecule has 4 rings (SSSR count). The standard InChI is InChI=1S/C21H20FN7O/c1-13-12-15(25-21(30)23-2)6-9-17(13)26-20-18(22)19(27-28-20)14-4-7-16(8-5-14)29-11-3-10-24-29/h3-12H,1-2H3,(H2,23,25,30)(H2,26,27,28). The van der Waals surface area contributed by atoms with Gasteiger partial charge in [-0.2, -0.15) is 10.2 Å². The number of halogens is 1. The monoisotopic (exact) mass is 405 g/mol. The molecule has 0 saturated carbocycles. The van der Waals surface area contributed by atoms with Crippen molar-refractivity contribution in [2.45, 2.75) is 6.92 Å². The zero-order valence-corrected chi connectivity index (χ0v) is 16.4. The molecule has 0 radical (unpaired) electrons. The number of rotatable bonds is 5. The number of benzene rings is 2. The van der Waals surface area contributed by atoms with E-state index in [2.05, 4.69) is 31.2 Å². The molecule has 0 aliphatic heterocycles. The first-order valence-electron chi connectivity index (χ1n) is 9.26. The molecule has 2 aromatic carbocycles. The van der Waals surface area contributed by atoms with Crippen LogP contribution < -0.4 is 16.0 Å². The van der Waals surface area contributed by atoms with Gasteiger partial charge in [0.15, 0.2) is 11.6 Å². The van der Waals surface area contributed by atoms with Crippen LogP contribution in [0.4, 0.5) is 26.4 Å². The number of urea groups is 1. The highest BCUT2D eigenvalue weighted by Crippen LogP contribution is 2.29. The second-order valence-electron chi connectivity index (χ2n) is 6.62. The summed E-state index contributed by atoms with van der Waals surface area (Å²) >= 11 is 0. The van der Waals surface area contributed by atoms with Crippen molar-refractivity contribution in [3.05, 3.63) is 72.3 Å². The molecule has 8 nitrogen and oxygen atoms in total.